The van der Waals surface area contributed by atoms with Crippen molar-refractivity contribution in [1.29, 1.82) is 0 Å². The summed E-state index contributed by atoms with van der Waals surface area (Å²) in [6, 6.07) is 2.44. The molecule has 0 unspecified atom stereocenters. The van der Waals surface area contributed by atoms with E-state index in [9.17, 15) is 9.59 Å². The molecule has 1 aromatic rings. The first-order valence-electron chi connectivity index (χ1n) is 6.41. The SMILES string of the molecule is C=C(C)COCCNC(=O)NCc1cc(C(=O)O)ccn1. The van der Waals surface area contributed by atoms with Crippen LogP contribution in [0.3, 0.4) is 0 Å². The van der Waals surface area contributed by atoms with Crippen LogP contribution in [0.1, 0.15) is 23.0 Å². The molecule has 0 aliphatic carbocycles. The molecule has 7 heteroatoms. The Kier molecular flexibility index (Phi) is 6.90. The quantitative estimate of drug-likeness (QED) is 0.493. The third-order valence-corrected chi connectivity index (χ3v) is 2.37. The molecule has 1 aromatic heterocycles. The predicted molar refractivity (Wildman–Crippen MR) is 77.1 cm³/mol. The molecule has 0 aromatic carbocycles. The van der Waals surface area contributed by atoms with E-state index in [0.717, 1.165) is 5.57 Å². The molecule has 0 saturated carbocycles. The number of aromatic nitrogens is 1. The van der Waals surface area contributed by atoms with Crippen molar-refractivity contribution >= 4 is 12.0 Å². The first-order chi connectivity index (χ1) is 9.99. The van der Waals surface area contributed by atoms with Crippen molar-refractivity contribution in [3.05, 3.63) is 41.7 Å². The van der Waals surface area contributed by atoms with E-state index in [1.54, 1.807) is 0 Å². The van der Waals surface area contributed by atoms with Crippen molar-refractivity contribution in [3.8, 4) is 0 Å². The van der Waals surface area contributed by atoms with Crippen LogP contribution < -0.4 is 10.6 Å². The Balaban J connectivity index is 2.25. The lowest BCUT2D eigenvalue weighted by atomic mass is 10.2. The second kappa shape index (κ2) is 8.70. The van der Waals surface area contributed by atoms with Gasteiger partial charge in [0.1, 0.15) is 0 Å². The highest BCUT2D eigenvalue weighted by atomic mass is 16.5. The highest BCUT2D eigenvalue weighted by molar-refractivity contribution is 5.87. The molecule has 0 bridgehead atoms. The van der Waals surface area contributed by atoms with Crippen molar-refractivity contribution in [1.82, 2.24) is 15.6 Å². The van der Waals surface area contributed by atoms with Crippen LogP contribution in [0.4, 0.5) is 4.79 Å². The summed E-state index contributed by atoms with van der Waals surface area (Å²) in [4.78, 5) is 26.3. The van der Waals surface area contributed by atoms with Crippen molar-refractivity contribution in [2.75, 3.05) is 19.8 Å². The molecule has 0 atom stereocenters. The van der Waals surface area contributed by atoms with E-state index >= 15 is 0 Å². The summed E-state index contributed by atoms with van der Waals surface area (Å²) in [7, 11) is 0. The lowest BCUT2D eigenvalue weighted by molar-refractivity contribution is 0.0696. The van der Waals surface area contributed by atoms with E-state index in [0.29, 0.717) is 25.5 Å². The number of rotatable bonds is 8. The molecule has 7 nitrogen and oxygen atoms in total. The highest BCUT2D eigenvalue weighted by Crippen LogP contribution is 2.01. The second-order valence-corrected chi connectivity index (χ2v) is 4.46. The standard InChI is InChI=1S/C14H19N3O4/c1-10(2)9-21-6-5-16-14(20)17-8-12-7-11(13(18)19)3-4-15-12/h3-4,7H,1,5-6,8-9H2,2H3,(H,18,19)(H2,16,17,20). The first kappa shape index (κ1) is 16.6. The molecule has 2 amide bonds. The summed E-state index contributed by atoms with van der Waals surface area (Å²) in [5.74, 6) is -1.03. The van der Waals surface area contributed by atoms with Gasteiger partial charge in [0.2, 0.25) is 0 Å². The minimum atomic E-state index is -1.03. The van der Waals surface area contributed by atoms with Crippen LogP contribution in [0.15, 0.2) is 30.5 Å². The van der Waals surface area contributed by atoms with E-state index in [1.165, 1.54) is 18.3 Å². The molecule has 114 valence electrons. The van der Waals surface area contributed by atoms with E-state index < -0.39 is 5.97 Å². The number of carboxylic acid groups (broad SMARTS) is 1. The molecule has 1 rings (SSSR count). The average molecular weight is 293 g/mol. The fraction of sp³-hybridized carbons (Fsp3) is 0.357. The Hall–Kier alpha value is -2.41. The molecule has 1 heterocycles. The average Bonchev–Trinajstić information content (AvgIpc) is 2.44. The Morgan fingerprint density at radius 3 is 2.86 bits per heavy atom. The lowest BCUT2D eigenvalue weighted by Crippen LogP contribution is -2.37. The number of nitrogens with zero attached hydrogens (tertiary/aromatic N) is 1. The van der Waals surface area contributed by atoms with Gasteiger partial charge in [0.05, 0.1) is 31.0 Å². The fourth-order valence-electron chi connectivity index (χ4n) is 1.42. The minimum Gasteiger partial charge on any atom is -0.478 e. The van der Waals surface area contributed by atoms with Gasteiger partial charge in [0.15, 0.2) is 0 Å². The normalized spacial score (nSPS) is 9.95. The third-order valence-electron chi connectivity index (χ3n) is 2.37. The van der Waals surface area contributed by atoms with Crippen LogP contribution >= 0.6 is 0 Å². The van der Waals surface area contributed by atoms with Crippen LogP contribution in [-0.4, -0.2) is 41.8 Å². The zero-order valence-electron chi connectivity index (χ0n) is 11.9. The number of ether oxygens (including phenoxy) is 1. The molecule has 0 radical (unpaired) electrons. The van der Waals surface area contributed by atoms with Gasteiger partial charge in [-0.25, -0.2) is 9.59 Å². The van der Waals surface area contributed by atoms with Crippen LogP contribution in [0.2, 0.25) is 0 Å². The van der Waals surface area contributed by atoms with Crippen molar-refractivity contribution < 1.29 is 19.4 Å². The second-order valence-electron chi connectivity index (χ2n) is 4.46. The van der Waals surface area contributed by atoms with Gasteiger partial charge in [-0.2, -0.15) is 0 Å². The monoisotopic (exact) mass is 293 g/mol. The number of amides is 2. The maximum Gasteiger partial charge on any atom is 0.335 e. The van der Waals surface area contributed by atoms with Gasteiger partial charge in [0.25, 0.3) is 0 Å². The first-order valence-corrected chi connectivity index (χ1v) is 6.41. The van der Waals surface area contributed by atoms with Crippen molar-refractivity contribution in [2.45, 2.75) is 13.5 Å². The molecule has 21 heavy (non-hydrogen) atoms. The maximum atomic E-state index is 11.5. The topological polar surface area (TPSA) is 101 Å². The maximum absolute atomic E-state index is 11.5. The van der Waals surface area contributed by atoms with E-state index in [1.807, 2.05) is 6.92 Å². The number of aromatic carboxylic acids is 1. The van der Waals surface area contributed by atoms with Gasteiger partial charge in [-0.15, -0.1) is 0 Å². The number of urea groups is 1. The number of carboxylic acids is 1. The smallest absolute Gasteiger partial charge is 0.335 e. The summed E-state index contributed by atoms with van der Waals surface area (Å²) < 4.78 is 5.23. The van der Waals surface area contributed by atoms with Gasteiger partial charge in [-0.3, -0.25) is 4.98 Å². The zero-order chi connectivity index (χ0) is 15.7. The van der Waals surface area contributed by atoms with Gasteiger partial charge >= 0.3 is 12.0 Å². The zero-order valence-corrected chi connectivity index (χ0v) is 11.9. The van der Waals surface area contributed by atoms with Crippen LogP contribution in [0, 0.1) is 0 Å². The Morgan fingerprint density at radius 2 is 2.19 bits per heavy atom. The highest BCUT2D eigenvalue weighted by Gasteiger charge is 2.05. The van der Waals surface area contributed by atoms with Crippen LogP contribution in [-0.2, 0) is 11.3 Å². The minimum absolute atomic E-state index is 0.135. The summed E-state index contributed by atoms with van der Waals surface area (Å²) in [6.45, 7) is 6.95. The number of pyridine rings is 1. The molecule has 0 spiro atoms. The fourth-order valence-corrected chi connectivity index (χ4v) is 1.42. The molecule has 0 aliphatic heterocycles. The Bertz CT molecular complexity index is 517. The van der Waals surface area contributed by atoms with E-state index in [-0.39, 0.29) is 18.1 Å². The largest absolute Gasteiger partial charge is 0.478 e. The molecule has 0 aliphatic rings. The molecule has 0 saturated heterocycles. The summed E-state index contributed by atoms with van der Waals surface area (Å²) >= 11 is 0. The molecule has 3 N–H and O–H groups in total. The number of nitrogens with one attached hydrogen (secondary N) is 2. The summed E-state index contributed by atoms with van der Waals surface area (Å²) in [5.41, 5.74) is 1.53. The van der Waals surface area contributed by atoms with Crippen LogP contribution in [0.5, 0.6) is 0 Å². The molecular weight excluding hydrogens is 274 g/mol. The van der Waals surface area contributed by atoms with Gasteiger partial charge in [0, 0.05) is 12.7 Å². The third kappa shape index (κ3) is 7.07. The summed E-state index contributed by atoms with van der Waals surface area (Å²) in [5, 5.41) is 14.0. The lowest BCUT2D eigenvalue weighted by Gasteiger charge is -2.08. The summed E-state index contributed by atoms with van der Waals surface area (Å²) in [6.07, 6.45) is 1.39. The number of hydrogen-bond acceptors (Lipinski definition) is 4. The van der Waals surface area contributed by atoms with Crippen molar-refractivity contribution in [2.24, 2.45) is 0 Å². The van der Waals surface area contributed by atoms with Gasteiger partial charge in [-0.1, -0.05) is 12.2 Å². The van der Waals surface area contributed by atoms with E-state index in [4.69, 9.17) is 9.84 Å². The number of carbonyl (C=O) groups is 2. The van der Waals surface area contributed by atoms with Crippen molar-refractivity contribution in [3.63, 3.8) is 0 Å². The van der Waals surface area contributed by atoms with Gasteiger partial charge < -0.3 is 20.5 Å². The number of hydrogen-bond donors (Lipinski definition) is 3. The molecule has 0 fully saturated rings. The number of carbonyl (C=O) groups excluding carboxylic acids is 1. The van der Waals surface area contributed by atoms with E-state index in [2.05, 4.69) is 22.2 Å². The van der Waals surface area contributed by atoms with Gasteiger partial charge in [-0.05, 0) is 19.1 Å². The Morgan fingerprint density at radius 1 is 1.43 bits per heavy atom. The molecular formula is C14H19N3O4. The predicted octanol–water partition coefficient (Wildman–Crippen LogP) is 1.17. The Labute approximate surface area is 123 Å². The van der Waals surface area contributed by atoms with Crippen LogP contribution in [0.25, 0.3) is 0 Å².